The minimum Gasteiger partial charge on any atom is -0.361 e. The highest BCUT2D eigenvalue weighted by molar-refractivity contribution is 9.12. The number of benzene rings is 1. The average Bonchev–Trinajstić information content (AvgIpc) is 3.28. The summed E-state index contributed by atoms with van der Waals surface area (Å²) in [6, 6.07) is 9.05. The number of Topliss-reactive ketones (excluding diaryl/α,β-unsaturated/α-hetero) is 2. The Labute approximate surface area is 159 Å². The van der Waals surface area contributed by atoms with Crippen molar-refractivity contribution < 1.29 is 14.4 Å². The maximum Gasteiger partial charge on any atom is 0.219 e. The smallest absolute Gasteiger partial charge is 0.219 e. The summed E-state index contributed by atoms with van der Waals surface area (Å²) in [5, 5.41) is 0. The number of hydrogen-bond donors (Lipinski definition) is 0. The van der Waals surface area contributed by atoms with Crippen molar-refractivity contribution in [1.29, 1.82) is 0 Å². The summed E-state index contributed by atoms with van der Waals surface area (Å²) in [5.41, 5.74) is 2.30. The summed E-state index contributed by atoms with van der Waals surface area (Å²) in [5.74, 6) is -0.762. The molecular weight excluding hydrogens is 396 g/mol. The zero-order valence-corrected chi connectivity index (χ0v) is 16.3. The molecule has 6 heteroatoms. The van der Waals surface area contributed by atoms with Crippen LogP contribution in [0.1, 0.15) is 49.4 Å². The minimum absolute atomic E-state index is 0.217. The van der Waals surface area contributed by atoms with Gasteiger partial charge in [-0.25, -0.2) is 0 Å². The molecule has 0 spiro atoms. The van der Waals surface area contributed by atoms with Crippen LogP contribution < -0.4 is 0 Å². The SMILES string of the molecule is Cc1c(C(=O)c2ccccc2)c2c(n1C)C(=O)C(Br)=C(N1CC1C)C2=O. The van der Waals surface area contributed by atoms with E-state index >= 15 is 0 Å². The van der Waals surface area contributed by atoms with Gasteiger partial charge in [0.25, 0.3) is 0 Å². The fourth-order valence-corrected chi connectivity index (χ4v) is 4.13. The maximum atomic E-state index is 13.3. The van der Waals surface area contributed by atoms with E-state index in [1.54, 1.807) is 42.8 Å². The Kier molecular flexibility index (Phi) is 3.77. The van der Waals surface area contributed by atoms with Gasteiger partial charge in [-0.1, -0.05) is 30.3 Å². The second-order valence-electron chi connectivity index (χ2n) is 6.76. The van der Waals surface area contributed by atoms with Crippen LogP contribution in [-0.4, -0.2) is 39.4 Å². The lowest BCUT2D eigenvalue weighted by molar-refractivity contribution is 0.0957. The molecule has 1 fully saturated rings. The van der Waals surface area contributed by atoms with Crippen molar-refractivity contribution in [3.05, 3.63) is 68.6 Å². The van der Waals surface area contributed by atoms with Gasteiger partial charge < -0.3 is 9.47 Å². The molecule has 2 aromatic rings. The zero-order valence-electron chi connectivity index (χ0n) is 14.7. The molecule has 0 amide bonds. The van der Waals surface area contributed by atoms with Crippen molar-refractivity contribution in [3.63, 3.8) is 0 Å². The van der Waals surface area contributed by atoms with Crippen LogP contribution in [0.4, 0.5) is 0 Å². The fraction of sp³-hybridized carbons (Fsp3) is 0.250. The lowest BCUT2D eigenvalue weighted by Crippen LogP contribution is -2.26. The molecule has 1 saturated heterocycles. The highest BCUT2D eigenvalue weighted by Gasteiger charge is 2.45. The maximum absolute atomic E-state index is 13.3. The van der Waals surface area contributed by atoms with Crippen LogP contribution >= 0.6 is 15.9 Å². The molecule has 1 aliphatic carbocycles. The first kappa shape index (κ1) is 17.0. The number of fused-ring (bicyclic) bond motifs is 1. The normalized spacial score (nSPS) is 19.1. The summed E-state index contributed by atoms with van der Waals surface area (Å²) >= 11 is 3.32. The second-order valence-corrected chi connectivity index (χ2v) is 7.55. The molecule has 132 valence electrons. The van der Waals surface area contributed by atoms with Crippen molar-refractivity contribution in [3.8, 4) is 0 Å². The van der Waals surface area contributed by atoms with E-state index in [1.165, 1.54) is 0 Å². The fourth-order valence-electron chi connectivity index (χ4n) is 3.54. The molecule has 0 bridgehead atoms. The number of aromatic nitrogens is 1. The summed E-state index contributed by atoms with van der Waals surface area (Å²) in [4.78, 5) is 41.2. The van der Waals surface area contributed by atoms with Crippen molar-refractivity contribution in [1.82, 2.24) is 9.47 Å². The number of nitrogens with zero attached hydrogens (tertiary/aromatic N) is 2. The molecule has 1 aliphatic heterocycles. The zero-order chi connectivity index (χ0) is 18.7. The van der Waals surface area contributed by atoms with E-state index in [4.69, 9.17) is 0 Å². The van der Waals surface area contributed by atoms with Crippen LogP contribution in [0.25, 0.3) is 0 Å². The summed E-state index contributed by atoms with van der Waals surface area (Å²) in [6.45, 7) is 4.49. The van der Waals surface area contributed by atoms with E-state index < -0.39 is 0 Å². The summed E-state index contributed by atoms with van der Waals surface area (Å²) in [7, 11) is 1.71. The molecule has 5 nitrogen and oxygen atoms in total. The number of carbonyl (C=O) groups is 3. The molecule has 0 saturated carbocycles. The lowest BCUT2D eigenvalue weighted by Gasteiger charge is -2.18. The van der Waals surface area contributed by atoms with Crippen LogP contribution in [0, 0.1) is 6.92 Å². The van der Waals surface area contributed by atoms with Crippen LogP contribution in [0.15, 0.2) is 40.5 Å². The van der Waals surface area contributed by atoms with E-state index in [-0.39, 0.29) is 39.1 Å². The largest absolute Gasteiger partial charge is 0.361 e. The van der Waals surface area contributed by atoms with Gasteiger partial charge >= 0.3 is 0 Å². The third-order valence-electron chi connectivity index (χ3n) is 5.16. The standard InChI is InChI=1S/C20H17BrN2O3/c1-10-9-23(10)17-15(21)20(26)16-14(19(17)25)13(11(2)22(16)3)18(24)12-7-5-4-6-8-12/h4-8,10H,9H2,1-3H3. The first-order valence-electron chi connectivity index (χ1n) is 8.39. The predicted molar refractivity (Wildman–Crippen MR) is 101 cm³/mol. The Morgan fingerprint density at radius 1 is 1.15 bits per heavy atom. The Bertz CT molecular complexity index is 1020. The number of carbonyl (C=O) groups excluding carboxylic acids is 3. The third-order valence-corrected chi connectivity index (χ3v) is 5.90. The van der Waals surface area contributed by atoms with Crippen molar-refractivity contribution in [2.24, 2.45) is 7.05 Å². The molecule has 1 unspecified atom stereocenters. The Balaban J connectivity index is 1.93. The van der Waals surface area contributed by atoms with Gasteiger partial charge in [-0.05, 0) is 29.8 Å². The highest BCUT2D eigenvalue weighted by atomic mass is 79.9. The first-order chi connectivity index (χ1) is 12.3. The molecule has 1 aromatic heterocycles. The Morgan fingerprint density at radius 2 is 1.77 bits per heavy atom. The topological polar surface area (TPSA) is 59.1 Å². The first-order valence-corrected chi connectivity index (χ1v) is 9.18. The number of hydrogen-bond acceptors (Lipinski definition) is 4. The molecule has 0 radical (unpaired) electrons. The van der Waals surface area contributed by atoms with Crippen LogP contribution in [0.3, 0.4) is 0 Å². The van der Waals surface area contributed by atoms with Gasteiger partial charge in [-0.3, -0.25) is 14.4 Å². The predicted octanol–water partition coefficient (Wildman–Crippen LogP) is 3.25. The van der Waals surface area contributed by atoms with Crippen molar-refractivity contribution in [2.45, 2.75) is 19.9 Å². The molecule has 2 heterocycles. The minimum atomic E-state index is -0.265. The Morgan fingerprint density at radius 3 is 2.35 bits per heavy atom. The van der Waals surface area contributed by atoms with Crippen molar-refractivity contribution >= 4 is 33.3 Å². The third kappa shape index (κ3) is 2.25. The average molecular weight is 413 g/mol. The summed E-state index contributed by atoms with van der Waals surface area (Å²) < 4.78 is 1.92. The van der Waals surface area contributed by atoms with E-state index in [1.807, 2.05) is 17.9 Å². The molecule has 2 aliphatic rings. The van der Waals surface area contributed by atoms with E-state index in [0.29, 0.717) is 22.5 Å². The summed E-state index contributed by atoms with van der Waals surface area (Å²) in [6.07, 6.45) is 0. The van der Waals surface area contributed by atoms with Gasteiger partial charge in [-0.15, -0.1) is 0 Å². The molecular formula is C20H17BrN2O3. The monoisotopic (exact) mass is 412 g/mol. The quantitative estimate of drug-likeness (QED) is 0.573. The number of ketones is 3. The van der Waals surface area contributed by atoms with E-state index in [2.05, 4.69) is 15.9 Å². The van der Waals surface area contributed by atoms with Crippen molar-refractivity contribution in [2.75, 3.05) is 6.54 Å². The number of allylic oxidation sites excluding steroid dienone is 2. The molecule has 4 rings (SSSR count). The van der Waals surface area contributed by atoms with Gasteiger partial charge in [0.1, 0.15) is 11.4 Å². The molecule has 0 N–H and O–H groups in total. The lowest BCUT2D eigenvalue weighted by atomic mass is 9.91. The van der Waals surface area contributed by atoms with Crippen LogP contribution in [0.2, 0.25) is 0 Å². The molecule has 26 heavy (non-hydrogen) atoms. The molecule has 1 atom stereocenters. The van der Waals surface area contributed by atoms with Gasteiger partial charge in [-0.2, -0.15) is 0 Å². The Hall–Kier alpha value is -2.47. The van der Waals surface area contributed by atoms with Gasteiger partial charge in [0.2, 0.25) is 11.6 Å². The second kappa shape index (κ2) is 5.77. The number of rotatable bonds is 3. The van der Waals surface area contributed by atoms with Crippen LogP contribution in [-0.2, 0) is 7.05 Å². The highest BCUT2D eigenvalue weighted by Crippen LogP contribution is 2.39. The molecule has 1 aromatic carbocycles. The van der Waals surface area contributed by atoms with E-state index in [9.17, 15) is 14.4 Å². The van der Waals surface area contributed by atoms with Gasteiger partial charge in [0.15, 0.2) is 5.78 Å². The van der Waals surface area contributed by atoms with Gasteiger partial charge in [0.05, 0.1) is 15.6 Å². The number of halogens is 1. The van der Waals surface area contributed by atoms with E-state index in [0.717, 1.165) is 6.54 Å². The van der Waals surface area contributed by atoms with Crippen LogP contribution in [0.5, 0.6) is 0 Å². The van der Waals surface area contributed by atoms with Gasteiger partial charge in [0, 0.05) is 30.9 Å².